The molecule has 1 aliphatic heterocycles. The van der Waals surface area contributed by atoms with Gasteiger partial charge in [0.1, 0.15) is 30.5 Å². The summed E-state index contributed by atoms with van der Waals surface area (Å²) in [6.07, 6.45) is 6.10. The number of aryl methyl sites for hydroxylation is 1. The highest BCUT2D eigenvalue weighted by molar-refractivity contribution is 5.94. The molecule has 9 heteroatoms. The zero-order valence-electron chi connectivity index (χ0n) is 16.4. The van der Waals surface area contributed by atoms with Gasteiger partial charge in [-0.15, -0.1) is 0 Å². The Morgan fingerprint density at radius 1 is 1.14 bits per heavy atom. The first-order chi connectivity index (χ1) is 14.1. The van der Waals surface area contributed by atoms with Gasteiger partial charge in [-0.2, -0.15) is 5.10 Å². The Kier molecular flexibility index (Phi) is 5.37. The summed E-state index contributed by atoms with van der Waals surface area (Å²) in [5.74, 6) is 2.14. The van der Waals surface area contributed by atoms with Crippen molar-refractivity contribution in [3.05, 3.63) is 48.8 Å². The number of rotatable bonds is 5. The average molecular weight is 393 g/mol. The maximum absolute atomic E-state index is 12.8. The number of piperidine rings is 1. The molecule has 3 heterocycles. The lowest BCUT2D eigenvalue weighted by atomic mass is 9.95. The van der Waals surface area contributed by atoms with Crippen molar-refractivity contribution in [1.82, 2.24) is 24.7 Å². The summed E-state index contributed by atoms with van der Waals surface area (Å²) in [6, 6.07) is 7.64. The van der Waals surface area contributed by atoms with Gasteiger partial charge < -0.3 is 15.0 Å². The third-order valence-electron chi connectivity index (χ3n) is 5.09. The van der Waals surface area contributed by atoms with E-state index in [4.69, 9.17) is 4.74 Å². The Morgan fingerprint density at radius 2 is 1.93 bits per heavy atom. The van der Waals surface area contributed by atoms with E-state index in [1.54, 1.807) is 18.1 Å². The van der Waals surface area contributed by atoms with E-state index >= 15 is 0 Å². The van der Waals surface area contributed by atoms with Crippen LogP contribution in [0.4, 0.5) is 11.5 Å². The Bertz CT molecular complexity index is 982. The number of carbonyl (C=O) groups is 1. The van der Waals surface area contributed by atoms with Crippen LogP contribution in [0.3, 0.4) is 0 Å². The maximum Gasteiger partial charge on any atom is 0.227 e. The summed E-state index contributed by atoms with van der Waals surface area (Å²) < 4.78 is 6.95. The molecule has 1 aromatic carbocycles. The van der Waals surface area contributed by atoms with E-state index in [-0.39, 0.29) is 11.8 Å². The normalized spacial score (nSPS) is 14.6. The number of hydrogen-bond acceptors (Lipinski definition) is 7. The van der Waals surface area contributed by atoms with Gasteiger partial charge in [-0.3, -0.25) is 4.79 Å². The number of nitrogens with zero attached hydrogens (tertiary/aromatic N) is 6. The van der Waals surface area contributed by atoms with Gasteiger partial charge in [0.25, 0.3) is 0 Å². The van der Waals surface area contributed by atoms with Crippen LogP contribution < -0.4 is 15.0 Å². The van der Waals surface area contributed by atoms with E-state index in [1.807, 2.05) is 31.2 Å². The van der Waals surface area contributed by atoms with E-state index in [0.29, 0.717) is 17.3 Å². The van der Waals surface area contributed by atoms with Gasteiger partial charge in [0.2, 0.25) is 5.91 Å². The van der Waals surface area contributed by atoms with Crippen LogP contribution in [0.5, 0.6) is 5.75 Å². The molecule has 2 aromatic heterocycles. The van der Waals surface area contributed by atoms with Gasteiger partial charge in [-0.1, -0.05) is 6.07 Å². The van der Waals surface area contributed by atoms with Crippen molar-refractivity contribution < 1.29 is 9.53 Å². The van der Waals surface area contributed by atoms with Gasteiger partial charge in [-0.05, 0) is 37.5 Å². The SMILES string of the molecule is COc1ccc(C)cc1NC(=O)C1CCN(c2cc(-n3cncn3)ncn2)CC1. The van der Waals surface area contributed by atoms with Gasteiger partial charge in [0.05, 0.1) is 12.8 Å². The van der Waals surface area contributed by atoms with Crippen LogP contribution in [0.1, 0.15) is 18.4 Å². The fourth-order valence-corrected chi connectivity index (χ4v) is 3.49. The minimum Gasteiger partial charge on any atom is -0.495 e. The van der Waals surface area contributed by atoms with Crippen molar-refractivity contribution in [2.24, 2.45) is 5.92 Å². The zero-order chi connectivity index (χ0) is 20.2. The minimum absolute atomic E-state index is 0.0274. The van der Waals surface area contributed by atoms with Crippen LogP contribution in [-0.4, -0.2) is 50.8 Å². The zero-order valence-corrected chi connectivity index (χ0v) is 16.4. The topological polar surface area (TPSA) is 98.1 Å². The average Bonchev–Trinajstić information content (AvgIpc) is 3.29. The number of nitrogens with one attached hydrogen (secondary N) is 1. The molecule has 0 unspecified atom stereocenters. The molecular formula is C20H23N7O2. The predicted molar refractivity (Wildman–Crippen MR) is 108 cm³/mol. The molecule has 0 aliphatic carbocycles. The van der Waals surface area contributed by atoms with E-state index in [1.165, 1.54) is 12.7 Å². The largest absolute Gasteiger partial charge is 0.495 e. The molecular weight excluding hydrogens is 370 g/mol. The summed E-state index contributed by atoms with van der Waals surface area (Å²) in [4.78, 5) is 27.5. The lowest BCUT2D eigenvalue weighted by Crippen LogP contribution is -2.38. The van der Waals surface area contributed by atoms with E-state index < -0.39 is 0 Å². The van der Waals surface area contributed by atoms with Crippen molar-refractivity contribution in [2.75, 3.05) is 30.4 Å². The summed E-state index contributed by atoms with van der Waals surface area (Å²) in [7, 11) is 1.61. The van der Waals surface area contributed by atoms with Crippen molar-refractivity contribution >= 4 is 17.4 Å². The quantitative estimate of drug-likeness (QED) is 0.710. The first-order valence-corrected chi connectivity index (χ1v) is 9.51. The van der Waals surface area contributed by atoms with Crippen molar-refractivity contribution in [1.29, 1.82) is 0 Å². The highest BCUT2D eigenvalue weighted by Crippen LogP contribution is 2.28. The fourth-order valence-electron chi connectivity index (χ4n) is 3.49. The number of anilines is 2. The highest BCUT2D eigenvalue weighted by atomic mass is 16.5. The molecule has 29 heavy (non-hydrogen) atoms. The number of carbonyl (C=O) groups excluding carboxylic acids is 1. The highest BCUT2D eigenvalue weighted by Gasteiger charge is 2.26. The summed E-state index contributed by atoms with van der Waals surface area (Å²) in [5, 5.41) is 7.13. The molecule has 1 saturated heterocycles. The molecule has 0 spiro atoms. The molecule has 9 nitrogen and oxygen atoms in total. The number of benzene rings is 1. The summed E-state index contributed by atoms with van der Waals surface area (Å²) in [5.41, 5.74) is 1.79. The molecule has 0 atom stereocenters. The lowest BCUT2D eigenvalue weighted by molar-refractivity contribution is -0.120. The van der Waals surface area contributed by atoms with Gasteiger partial charge in [-0.25, -0.2) is 19.6 Å². The molecule has 1 amide bonds. The molecule has 0 radical (unpaired) electrons. The van der Waals surface area contributed by atoms with Crippen LogP contribution in [0.2, 0.25) is 0 Å². The Morgan fingerprint density at radius 3 is 2.66 bits per heavy atom. The second-order valence-electron chi connectivity index (χ2n) is 7.03. The van der Waals surface area contributed by atoms with Crippen LogP contribution in [0.15, 0.2) is 43.2 Å². The monoisotopic (exact) mass is 393 g/mol. The van der Waals surface area contributed by atoms with E-state index in [9.17, 15) is 4.79 Å². The van der Waals surface area contributed by atoms with Gasteiger partial charge in [0, 0.05) is 25.1 Å². The third-order valence-corrected chi connectivity index (χ3v) is 5.09. The fraction of sp³-hybridized carbons (Fsp3) is 0.350. The van der Waals surface area contributed by atoms with Crippen LogP contribution in [0, 0.1) is 12.8 Å². The van der Waals surface area contributed by atoms with E-state index in [0.717, 1.165) is 37.3 Å². The molecule has 150 valence electrons. The van der Waals surface area contributed by atoms with E-state index in [2.05, 4.69) is 30.3 Å². The summed E-state index contributed by atoms with van der Waals surface area (Å²) in [6.45, 7) is 3.48. The Hall–Kier alpha value is -3.49. The number of methoxy groups -OCH3 is 1. The summed E-state index contributed by atoms with van der Waals surface area (Å²) >= 11 is 0. The van der Waals surface area contributed by atoms with Crippen molar-refractivity contribution in [3.63, 3.8) is 0 Å². The maximum atomic E-state index is 12.8. The first kappa shape index (κ1) is 18.9. The number of hydrogen-bond donors (Lipinski definition) is 1. The third kappa shape index (κ3) is 4.18. The number of amides is 1. The second-order valence-corrected chi connectivity index (χ2v) is 7.03. The van der Waals surface area contributed by atoms with Crippen LogP contribution >= 0.6 is 0 Å². The number of ether oxygens (including phenoxy) is 1. The molecule has 0 bridgehead atoms. The van der Waals surface area contributed by atoms with Crippen molar-refractivity contribution in [3.8, 4) is 11.6 Å². The number of aromatic nitrogens is 5. The van der Waals surface area contributed by atoms with Crippen molar-refractivity contribution in [2.45, 2.75) is 19.8 Å². The van der Waals surface area contributed by atoms with Gasteiger partial charge >= 0.3 is 0 Å². The first-order valence-electron chi connectivity index (χ1n) is 9.51. The minimum atomic E-state index is -0.0481. The molecule has 1 aliphatic rings. The smallest absolute Gasteiger partial charge is 0.227 e. The lowest BCUT2D eigenvalue weighted by Gasteiger charge is -2.32. The molecule has 3 aromatic rings. The van der Waals surface area contributed by atoms with Gasteiger partial charge in [0.15, 0.2) is 5.82 Å². The van der Waals surface area contributed by atoms with Crippen LogP contribution in [0.25, 0.3) is 5.82 Å². The standard InChI is InChI=1S/C20H23N7O2/c1-14-3-4-17(29-2)16(9-14)25-20(28)15-5-7-26(8-6-15)18-10-19(23-12-22-18)27-13-21-11-24-27/h3-4,9-13,15H,5-8H2,1-2H3,(H,25,28). The second kappa shape index (κ2) is 8.26. The van der Waals surface area contributed by atoms with Crippen LogP contribution in [-0.2, 0) is 4.79 Å². The Labute approximate surface area is 168 Å². The predicted octanol–water partition coefficient (Wildman–Crippen LogP) is 2.23. The molecule has 1 fully saturated rings. The molecule has 4 rings (SSSR count). The Balaban J connectivity index is 1.39. The molecule has 1 N–H and O–H groups in total. The molecule has 0 saturated carbocycles.